The number of aromatic nitrogens is 3. The quantitative estimate of drug-likeness (QED) is 0.180. The molecule has 3 amide bonds. The van der Waals surface area contributed by atoms with Gasteiger partial charge in [-0.15, -0.1) is 0 Å². The number of urea groups is 1. The predicted octanol–water partition coefficient (Wildman–Crippen LogP) is 6.67. The lowest BCUT2D eigenvalue weighted by molar-refractivity contribution is 0.0696. The van der Waals surface area contributed by atoms with Crippen LogP contribution in [0, 0.1) is 0 Å². The predicted molar refractivity (Wildman–Crippen MR) is 172 cm³/mol. The normalized spacial score (nSPS) is 13.5. The van der Waals surface area contributed by atoms with Crippen LogP contribution < -0.4 is 16.4 Å². The number of rotatable bonds is 6. The van der Waals surface area contributed by atoms with E-state index in [1.54, 1.807) is 48.7 Å². The molecule has 2 aromatic heterocycles. The largest absolute Gasteiger partial charge is 0.383 e. The Kier molecular flexibility index (Phi) is 8.19. The number of hydrogen-bond acceptors (Lipinski definition) is 6. The molecule has 0 atom stereocenters. The SMILES string of the molecule is Nc1ncnc2c1c(C(=O)c1cccc(NC(=O)Nc3cc(Cl)cc(Cl)c3)c1)cn2C1CCN(C(=O)c2ccccc2)CC1. The Morgan fingerprint density at radius 3 is 2.23 bits per heavy atom. The summed E-state index contributed by atoms with van der Waals surface area (Å²) < 4.78 is 1.97. The molecule has 3 aromatic carbocycles. The molecular formula is C32H27Cl2N7O3. The van der Waals surface area contributed by atoms with Gasteiger partial charge >= 0.3 is 6.03 Å². The van der Waals surface area contributed by atoms with Crippen LogP contribution in [0.25, 0.3) is 11.0 Å². The summed E-state index contributed by atoms with van der Waals surface area (Å²) in [6.07, 6.45) is 4.53. The molecule has 5 aromatic rings. The molecule has 0 unspecified atom stereocenters. The number of nitrogen functional groups attached to an aromatic ring is 1. The number of ketones is 1. The monoisotopic (exact) mass is 627 g/mol. The van der Waals surface area contributed by atoms with Gasteiger partial charge in [0.15, 0.2) is 5.78 Å². The third-order valence-electron chi connectivity index (χ3n) is 7.55. The Hall–Kier alpha value is -4.93. The van der Waals surface area contributed by atoms with E-state index in [0.717, 1.165) is 0 Å². The highest BCUT2D eigenvalue weighted by atomic mass is 35.5. The van der Waals surface area contributed by atoms with Gasteiger partial charge in [0.1, 0.15) is 17.8 Å². The van der Waals surface area contributed by atoms with Crippen molar-refractivity contribution in [2.75, 3.05) is 29.5 Å². The Morgan fingerprint density at radius 1 is 0.818 bits per heavy atom. The van der Waals surface area contributed by atoms with Crippen molar-refractivity contribution < 1.29 is 14.4 Å². The highest BCUT2D eigenvalue weighted by molar-refractivity contribution is 6.35. The van der Waals surface area contributed by atoms with Gasteiger partial charge in [-0.2, -0.15) is 0 Å². The molecule has 1 saturated heterocycles. The maximum Gasteiger partial charge on any atom is 0.323 e. The van der Waals surface area contributed by atoms with Crippen molar-refractivity contribution in [3.05, 3.63) is 112 Å². The number of likely N-dealkylation sites (tertiary alicyclic amines) is 1. The summed E-state index contributed by atoms with van der Waals surface area (Å²) in [4.78, 5) is 50.0. The van der Waals surface area contributed by atoms with Crippen molar-refractivity contribution in [1.29, 1.82) is 0 Å². The van der Waals surface area contributed by atoms with Gasteiger partial charge in [0.05, 0.1) is 10.9 Å². The van der Waals surface area contributed by atoms with Crippen LogP contribution in [0.1, 0.15) is 45.2 Å². The third-order valence-corrected chi connectivity index (χ3v) is 7.99. The summed E-state index contributed by atoms with van der Waals surface area (Å²) in [6.45, 7) is 1.14. The number of nitrogens with two attached hydrogens (primary N) is 1. The van der Waals surface area contributed by atoms with Gasteiger partial charge in [-0.3, -0.25) is 9.59 Å². The molecule has 0 aliphatic carbocycles. The molecule has 1 fully saturated rings. The van der Waals surface area contributed by atoms with Gasteiger partial charge in [0.25, 0.3) is 5.91 Å². The molecule has 1 aliphatic heterocycles. The molecule has 222 valence electrons. The molecule has 44 heavy (non-hydrogen) atoms. The average molecular weight is 629 g/mol. The second kappa shape index (κ2) is 12.4. The second-order valence-electron chi connectivity index (χ2n) is 10.4. The van der Waals surface area contributed by atoms with Crippen molar-refractivity contribution in [2.45, 2.75) is 18.9 Å². The molecule has 0 saturated carbocycles. The summed E-state index contributed by atoms with van der Waals surface area (Å²) >= 11 is 12.0. The molecule has 1 aliphatic rings. The van der Waals surface area contributed by atoms with Gasteiger partial charge in [-0.1, -0.05) is 53.5 Å². The van der Waals surface area contributed by atoms with Gasteiger partial charge in [0.2, 0.25) is 0 Å². The van der Waals surface area contributed by atoms with Crippen molar-refractivity contribution in [3.8, 4) is 0 Å². The van der Waals surface area contributed by atoms with Crippen LogP contribution in [0.5, 0.6) is 0 Å². The number of hydrogen-bond donors (Lipinski definition) is 3. The summed E-state index contributed by atoms with van der Waals surface area (Å²) in [7, 11) is 0. The zero-order chi connectivity index (χ0) is 30.8. The molecule has 10 nitrogen and oxygen atoms in total. The fourth-order valence-corrected chi connectivity index (χ4v) is 6.01. The molecule has 0 bridgehead atoms. The van der Waals surface area contributed by atoms with Crippen LogP contribution >= 0.6 is 23.2 Å². The Morgan fingerprint density at radius 2 is 1.50 bits per heavy atom. The first-order chi connectivity index (χ1) is 21.3. The van der Waals surface area contributed by atoms with Crippen molar-refractivity contribution in [3.63, 3.8) is 0 Å². The van der Waals surface area contributed by atoms with E-state index in [0.29, 0.717) is 75.1 Å². The van der Waals surface area contributed by atoms with Gasteiger partial charge < -0.3 is 25.8 Å². The first kappa shape index (κ1) is 29.2. The van der Waals surface area contributed by atoms with E-state index in [1.807, 2.05) is 39.8 Å². The van der Waals surface area contributed by atoms with E-state index in [1.165, 1.54) is 6.33 Å². The number of carbonyl (C=O) groups is 3. The van der Waals surface area contributed by atoms with Crippen LogP contribution in [0.2, 0.25) is 10.0 Å². The standard InChI is InChI=1S/C32H27Cl2N7O3/c33-21-14-22(34)16-24(15-21)39-32(44)38-23-8-4-7-20(13-23)28(42)26-17-41(30-27(26)29(35)36-18-37-30)25-9-11-40(12-10-25)31(43)19-5-2-1-3-6-19/h1-8,13-18,25H,9-12H2,(H2,35,36,37)(H2,38,39,44). The third kappa shape index (κ3) is 6.08. The van der Waals surface area contributed by atoms with Crippen LogP contribution in [-0.2, 0) is 0 Å². The van der Waals surface area contributed by atoms with Crippen LogP contribution in [0.3, 0.4) is 0 Å². The van der Waals surface area contributed by atoms with E-state index in [4.69, 9.17) is 28.9 Å². The second-order valence-corrected chi connectivity index (χ2v) is 11.3. The minimum atomic E-state index is -0.528. The summed E-state index contributed by atoms with van der Waals surface area (Å²) in [6, 6.07) is 20.0. The summed E-state index contributed by atoms with van der Waals surface area (Å²) in [5.74, 6) is -0.0948. The van der Waals surface area contributed by atoms with E-state index >= 15 is 0 Å². The van der Waals surface area contributed by atoms with Crippen LogP contribution in [0.15, 0.2) is 85.3 Å². The Bertz CT molecular complexity index is 1870. The van der Waals surface area contributed by atoms with Crippen LogP contribution in [-0.4, -0.2) is 50.2 Å². The molecular weight excluding hydrogens is 601 g/mol. The number of halogens is 2. The number of nitrogens with zero attached hydrogens (tertiary/aromatic N) is 4. The lowest BCUT2D eigenvalue weighted by Crippen LogP contribution is -2.39. The van der Waals surface area contributed by atoms with Crippen molar-refractivity contribution >= 4 is 69.1 Å². The molecule has 0 radical (unpaired) electrons. The lowest BCUT2D eigenvalue weighted by Gasteiger charge is -2.33. The minimum absolute atomic E-state index is 0.00221. The molecule has 0 spiro atoms. The Labute approximate surface area is 262 Å². The maximum absolute atomic E-state index is 13.9. The van der Waals surface area contributed by atoms with Gasteiger partial charge in [-0.25, -0.2) is 14.8 Å². The van der Waals surface area contributed by atoms with E-state index in [2.05, 4.69) is 20.6 Å². The lowest BCUT2D eigenvalue weighted by atomic mass is 10.0. The number of carbonyl (C=O) groups excluding carboxylic acids is 3. The zero-order valence-corrected chi connectivity index (χ0v) is 24.8. The van der Waals surface area contributed by atoms with E-state index < -0.39 is 6.03 Å². The maximum atomic E-state index is 13.9. The summed E-state index contributed by atoms with van der Waals surface area (Å²) in [5.41, 5.74) is 9.03. The number of anilines is 3. The first-order valence-corrected chi connectivity index (χ1v) is 14.7. The summed E-state index contributed by atoms with van der Waals surface area (Å²) in [5, 5.41) is 6.64. The zero-order valence-electron chi connectivity index (χ0n) is 23.3. The van der Waals surface area contributed by atoms with Crippen molar-refractivity contribution in [2.24, 2.45) is 0 Å². The molecule has 6 rings (SSSR count). The van der Waals surface area contributed by atoms with Crippen molar-refractivity contribution in [1.82, 2.24) is 19.4 Å². The molecule has 3 heterocycles. The highest BCUT2D eigenvalue weighted by Crippen LogP contribution is 2.33. The minimum Gasteiger partial charge on any atom is -0.383 e. The fraction of sp³-hybridized carbons (Fsp3) is 0.156. The van der Waals surface area contributed by atoms with E-state index in [9.17, 15) is 14.4 Å². The smallest absolute Gasteiger partial charge is 0.323 e. The average Bonchev–Trinajstić information content (AvgIpc) is 3.41. The topological polar surface area (TPSA) is 135 Å². The number of piperidine rings is 1. The number of benzene rings is 3. The van der Waals surface area contributed by atoms with E-state index in [-0.39, 0.29) is 23.6 Å². The van der Waals surface area contributed by atoms with Crippen LogP contribution in [0.4, 0.5) is 22.0 Å². The Balaban J connectivity index is 1.21. The number of amides is 3. The molecule has 12 heteroatoms. The van der Waals surface area contributed by atoms with Gasteiger partial charge in [0, 0.05) is 57.9 Å². The molecule has 4 N–H and O–H groups in total. The number of fused-ring (bicyclic) bond motifs is 1. The van der Waals surface area contributed by atoms with Gasteiger partial charge in [-0.05, 0) is 55.3 Å². The highest BCUT2D eigenvalue weighted by Gasteiger charge is 2.28. The first-order valence-electron chi connectivity index (χ1n) is 13.9. The fourth-order valence-electron chi connectivity index (χ4n) is 5.48. The number of nitrogens with one attached hydrogen (secondary N) is 2.